The molecule has 0 aromatic rings. The minimum Gasteiger partial charge on any atom is -0.379 e. The smallest absolute Gasteiger partial charge is 0.113 e. The highest BCUT2D eigenvalue weighted by Crippen LogP contribution is 1.88. The molecule has 0 aliphatic carbocycles. The van der Waals surface area contributed by atoms with E-state index in [0.29, 0.717) is 0 Å². The Labute approximate surface area is 58.4 Å². The van der Waals surface area contributed by atoms with Crippen molar-refractivity contribution in [2.45, 2.75) is 19.0 Å². The third-order valence-electron chi connectivity index (χ3n) is 0.937. The number of halogens is 1. The van der Waals surface area contributed by atoms with Gasteiger partial charge in [0.1, 0.15) is 6.67 Å². The average molecular weight is 148 g/mol. The second-order valence-corrected chi connectivity index (χ2v) is 2.97. The van der Waals surface area contributed by atoms with Crippen LogP contribution in [0.3, 0.4) is 0 Å². The van der Waals surface area contributed by atoms with E-state index >= 15 is 0 Å². The Bertz CT molecular complexity index is 46.3. The van der Waals surface area contributed by atoms with Gasteiger partial charge in [-0.25, -0.2) is 4.39 Å². The van der Waals surface area contributed by atoms with E-state index in [2.05, 4.69) is 6.55 Å². The van der Waals surface area contributed by atoms with Gasteiger partial charge in [0.2, 0.25) is 0 Å². The molecule has 0 N–H and O–H groups in total. The Hall–Kier alpha value is 0.107. The van der Waals surface area contributed by atoms with Crippen LogP contribution in [0.2, 0.25) is 12.6 Å². The molecular weight excluding hydrogens is 135 g/mol. The number of hydrogen-bond acceptors (Lipinski definition) is 1. The Kier molecular flexibility index (Phi) is 8.20. The summed E-state index contributed by atoms with van der Waals surface area (Å²) in [4.78, 5) is 0. The fourth-order valence-corrected chi connectivity index (χ4v) is 1.01. The summed E-state index contributed by atoms with van der Waals surface area (Å²) in [6.07, 6.45) is 1.08. The molecule has 0 aliphatic rings. The van der Waals surface area contributed by atoms with Crippen molar-refractivity contribution in [3.05, 3.63) is 0 Å². The molecule has 1 nitrogen and oxygen atoms in total. The molecule has 0 saturated heterocycles. The van der Waals surface area contributed by atoms with Gasteiger partial charge in [-0.05, 0) is 6.42 Å². The maximum Gasteiger partial charge on any atom is 0.113 e. The standard InChI is InChI=1S/C6H13FOSi/c1-9-6-2-4-8-5-3-7/h2-6H2,1H3. The Morgan fingerprint density at radius 2 is 2.22 bits per heavy atom. The van der Waals surface area contributed by atoms with Crippen LogP contribution in [0.15, 0.2) is 0 Å². The summed E-state index contributed by atoms with van der Waals surface area (Å²) in [5.41, 5.74) is 0. The molecule has 0 unspecified atom stereocenters. The molecule has 0 heterocycles. The third kappa shape index (κ3) is 8.11. The van der Waals surface area contributed by atoms with Crippen LogP contribution in [0.5, 0.6) is 0 Å². The monoisotopic (exact) mass is 148 g/mol. The van der Waals surface area contributed by atoms with Crippen LogP contribution in [0.4, 0.5) is 4.39 Å². The summed E-state index contributed by atoms with van der Waals surface area (Å²) >= 11 is 0. The van der Waals surface area contributed by atoms with Crippen LogP contribution in [0, 0.1) is 0 Å². The molecule has 0 saturated carbocycles. The first-order valence-electron chi connectivity index (χ1n) is 3.20. The first-order chi connectivity index (χ1) is 4.41. The van der Waals surface area contributed by atoms with E-state index in [1.807, 2.05) is 0 Å². The second-order valence-electron chi connectivity index (χ2n) is 1.76. The van der Waals surface area contributed by atoms with Gasteiger partial charge in [0.15, 0.2) is 0 Å². The number of alkyl halides is 1. The fourth-order valence-electron chi connectivity index (χ4n) is 0.508. The highest BCUT2D eigenvalue weighted by atomic mass is 28.2. The molecule has 3 heteroatoms. The fraction of sp³-hybridized carbons (Fsp3) is 1.00. The zero-order valence-corrected chi connectivity index (χ0v) is 6.82. The predicted octanol–water partition coefficient (Wildman–Crippen LogP) is 1.53. The number of rotatable bonds is 6. The van der Waals surface area contributed by atoms with Crippen molar-refractivity contribution in [1.29, 1.82) is 0 Å². The lowest BCUT2D eigenvalue weighted by Crippen LogP contribution is -1.98. The van der Waals surface area contributed by atoms with Crippen LogP contribution in [0.25, 0.3) is 0 Å². The normalized spacial score (nSPS) is 10.0. The lowest BCUT2D eigenvalue weighted by atomic mass is 10.5. The second kappa shape index (κ2) is 8.11. The predicted molar refractivity (Wildman–Crippen MR) is 37.8 cm³/mol. The van der Waals surface area contributed by atoms with Crippen molar-refractivity contribution in [1.82, 2.24) is 0 Å². The molecule has 0 atom stereocenters. The molecule has 0 aliphatic heterocycles. The van der Waals surface area contributed by atoms with Gasteiger partial charge >= 0.3 is 0 Å². The lowest BCUT2D eigenvalue weighted by molar-refractivity contribution is 0.119. The third-order valence-corrected chi connectivity index (χ3v) is 1.79. The minimum atomic E-state index is -0.353. The van der Waals surface area contributed by atoms with Gasteiger partial charge in [0.05, 0.1) is 6.61 Å². The van der Waals surface area contributed by atoms with Crippen molar-refractivity contribution in [3.8, 4) is 0 Å². The maximum absolute atomic E-state index is 11.4. The molecule has 54 valence electrons. The average Bonchev–Trinajstić information content (AvgIpc) is 1.89. The highest BCUT2D eigenvalue weighted by molar-refractivity contribution is 6.33. The van der Waals surface area contributed by atoms with Gasteiger partial charge in [0, 0.05) is 16.1 Å². The summed E-state index contributed by atoms with van der Waals surface area (Å²) in [6.45, 7) is 2.81. The van der Waals surface area contributed by atoms with Gasteiger partial charge < -0.3 is 4.74 Å². The van der Waals surface area contributed by atoms with Crippen LogP contribution in [-0.2, 0) is 4.74 Å². The Morgan fingerprint density at radius 3 is 2.78 bits per heavy atom. The Balaban J connectivity index is 2.60. The lowest BCUT2D eigenvalue weighted by Gasteiger charge is -1.97. The van der Waals surface area contributed by atoms with Crippen molar-refractivity contribution >= 4 is 9.52 Å². The van der Waals surface area contributed by atoms with E-state index in [4.69, 9.17) is 4.74 Å². The molecule has 0 spiro atoms. The van der Waals surface area contributed by atoms with E-state index in [1.165, 1.54) is 6.04 Å². The van der Waals surface area contributed by atoms with Gasteiger partial charge in [-0.3, -0.25) is 0 Å². The SMILES string of the molecule is C[Si]CCCOCCF. The first-order valence-corrected chi connectivity index (χ1v) is 4.91. The molecule has 9 heavy (non-hydrogen) atoms. The summed E-state index contributed by atoms with van der Waals surface area (Å²) in [7, 11) is 0.996. The van der Waals surface area contributed by atoms with Crippen LogP contribution in [-0.4, -0.2) is 29.4 Å². The van der Waals surface area contributed by atoms with Gasteiger partial charge in [0.25, 0.3) is 0 Å². The van der Waals surface area contributed by atoms with Gasteiger partial charge in [-0.15, -0.1) is 0 Å². The zero-order chi connectivity index (χ0) is 6.95. The number of ether oxygens (including phenoxy) is 1. The summed E-state index contributed by atoms with van der Waals surface area (Å²) in [5.74, 6) is 0. The largest absolute Gasteiger partial charge is 0.379 e. The summed E-state index contributed by atoms with van der Waals surface area (Å²) in [5, 5.41) is 0. The van der Waals surface area contributed by atoms with Crippen molar-refractivity contribution in [2.75, 3.05) is 19.9 Å². The van der Waals surface area contributed by atoms with Crippen molar-refractivity contribution in [2.24, 2.45) is 0 Å². The molecule has 0 amide bonds. The van der Waals surface area contributed by atoms with Crippen LogP contribution in [0.1, 0.15) is 6.42 Å². The molecule has 0 rings (SSSR count). The van der Waals surface area contributed by atoms with E-state index in [-0.39, 0.29) is 13.3 Å². The zero-order valence-electron chi connectivity index (χ0n) is 5.82. The quantitative estimate of drug-likeness (QED) is 0.410. The van der Waals surface area contributed by atoms with E-state index in [1.54, 1.807) is 0 Å². The van der Waals surface area contributed by atoms with E-state index in [0.717, 1.165) is 22.5 Å². The topological polar surface area (TPSA) is 9.23 Å². The first kappa shape index (κ1) is 9.11. The summed E-state index contributed by atoms with van der Waals surface area (Å²) in [6, 6.07) is 1.21. The highest BCUT2D eigenvalue weighted by Gasteiger charge is 1.86. The van der Waals surface area contributed by atoms with E-state index < -0.39 is 0 Å². The molecule has 2 radical (unpaired) electrons. The summed E-state index contributed by atoms with van der Waals surface area (Å²) < 4.78 is 16.3. The van der Waals surface area contributed by atoms with Gasteiger partial charge in [-0.2, -0.15) is 0 Å². The van der Waals surface area contributed by atoms with Crippen molar-refractivity contribution < 1.29 is 9.13 Å². The molecular formula is C6H13FOSi. The van der Waals surface area contributed by atoms with Crippen molar-refractivity contribution in [3.63, 3.8) is 0 Å². The Morgan fingerprint density at radius 1 is 1.44 bits per heavy atom. The van der Waals surface area contributed by atoms with Crippen LogP contribution >= 0.6 is 0 Å². The molecule has 0 aromatic heterocycles. The van der Waals surface area contributed by atoms with E-state index in [9.17, 15) is 4.39 Å². The molecule has 0 fully saturated rings. The molecule has 0 bridgehead atoms. The maximum atomic E-state index is 11.4. The van der Waals surface area contributed by atoms with Gasteiger partial charge in [-0.1, -0.05) is 12.6 Å². The minimum absolute atomic E-state index is 0.271. The molecule has 0 aromatic carbocycles. The van der Waals surface area contributed by atoms with Crippen LogP contribution < -0.4 is 0 Å². The number of hydrogen-bond donors (Lipinski definition) is 0.